The van der Waals surface area contributed by atoms with Gasteiger partial charge in [0.1, 0.15) is 4.58 Å². The minimum atomic E-state index is -1.01. The van der Waals surface area contributed by atoms with E-state index < -0.39 is 10.6 Å². The summed E-state index contributed by atoms with van der Waals surface area (Å²) in [4.78, 5) is 9.55. The van der Waals surface area contributed by atoms with E-state index in [4.69, 9.17) is 15.3 Å². The van der Waals surface area contributed by atoms with E-state index in [1.165, 1.54) is 0 Å². The quantitative estimate of drug-likeness (QED) is 0.212. The zero-order valence-electron chi connectivity index (χ0n) is 7.37. The molecule has 0 amide bonds. The Kier molecular flexibility index (Phi) is 16.9. The molecule has 0 saturated carbocycles. The molecule has 0 aromatic carbocycles. The van der Waals surface area contributed by atoms with Crippen molar-refractivity contribution in [2.45, 2.75) is 4.58 Å². The Balaban J connectivity index is 0. The Morgan fingerprint density at radius 3 is 1.57 bits per heavy atom. The summed E-state index contributed by atoms with van der Waals surface area (Å²) >= 11 is 6.92. The van der Waals surface area contributed by atoms with Crippen molar-refractivity contribution in [3.8, 4) is 0 Å². The first-order valence-corrected chi connectivity index (χ1v) is 7.13. The minimum absolute atomic E-state index is 0.225. The highest BCUT2D eigenvalue weighted by molar-refractivity contribution is 8.76. The van der Waals surface area contributed by atoms with E-state index in [9.17, 15) is 4.79 Å². The molecule has 8 heteroatoms. The number of carboxylic acid groups (broad SMARTS) is 1. The molecule has 0 aliphatic carbocycles. The molecule has 0 heterocycles. The Labute approximate surface area is 102 Å². The second-order valence-corrected chi connectivity index (χ2v) is 5.95. The first-order valence-electron chi connectivity index (χ1n) is 3.61. The van der Waals surface area contributed by atoms with Crippen LogP contribution < -0.4 is 0 Å². The van der Waals surface area contributed by atoms with Crippen LogP contribution in [0.1, 0.15) is 0 Å². The van der Waals surface area contributed by atoms with Gasteiger partial charge in [-0.05, 0) is 0 Å². The second-order valence-electron chi connectivity index (χ2n) is 1.80. The zero-order chi connectivity index (χ0) is 11.4. The third-order valence-electron chi connectivity index (χ3n) is 0.653. The van der Waals surface area contributed by atoms with E-state index in [-0.39, 0.29) is 13.2 Å². The number of rotatable bonds is 6. The molecule has 86 valence electrons. The lowest BCUT2D eigenvalue weighted by molar-refractivity contribution is -0.134. The molecule has 0 atom stereocenters. The van der Waals surface area contributed by atoms with Crippen LogP contribution in [0.25, 0.3) is 0 Å². The molecule has 0 aromatic rings. The van der Waals surface area contributed by atoms with Crippen molar-refractivity contribution < 1.29 is 20.1 Å². The standard InChI is InChI=1S/C4H10O2S2.C2H4O2S2/c5-1-3-7-8-4-2-6;3-1(4)2(5)6/h5-6H,1-4H2;2,5-6H,(H,3,4). The maximum absolute atomic E-state index is 9.55. The number of aliphatic hydroxyl groups is 2. The molecule has 0 bridgehead atoms. The molecular weight excluding hydrogens is 264 g/mol. The normalized spacial score (nSPS) is 9.50. The van der Waals surface area contributed by atoms with Gasteiger partial charge in [-0.2, -0.15) is 25.3 Å². The van der Waals surface area contributed by atoms with E-state index in [2.05, 4.69) is 25.3 Å². The van der Waals surface area contributed by atoms with Crippen LogP contribution in [-0.4, -0.2) is 50.6 Å². The van der Waals surface area contributed by atoms with E-state index in [1.807, 2.05) is 0 Å². The summed E-state index contributed by atoms with van der Waals surface area (Å²) in [6, 6.07) is 0. The average molecular weight is 278 g/mol. The fraction of sp³-hybridized carbons (Fsp3) is 0.833. The molecule has 4 nitrogen and oxygen atoms in total. The fourth-order valence-corrected chi connectivity index (χ4v) is 1.73. The lowest BCUT2D eigenvalue weighted by Gasteiger charge is -1.93. The van der Waals surface area contributed by atoms with E-state index >= 15 is 0 Å². The molecule has 0 saturated heterocycles. The van der Waals surface area contributed by atoms with Crippen molar-refractivity contribution in [2.24, 2.45) is 0 Å². The molecule has 14 heavy (non-hydrogen) atoms. The van der Waals surface area contributed by atoms with Crippen molar-refractivity contribution in [3.63, 3.8) is 0 Å². The van der Waals surface area contributed by atoms with Crippen LogP contribution in [0.3, 0.4) is 0 Å². The third-order valence-corrected chi connectivity index (χ3v) is 3.46. The molecule has 3 N–H and O–H groups in total. The van der Waals surface area contributed by atoms with E-state index in [0.717, 1.165) is 11.5 Å². The molecule has 0 aliphatic rings. The molecule has 0 fully saturated rings. The SMILES string of the molecule is O=C(O)C(S)S.OCCSSCCO. The minimum Gasteiger partial charge on any atom is -0.480 e. The van der Waals surface area contributed by atoms with Crippen molar-refractivity contribution in [1.82, 2.24) is 0 Å². The summed E-state index contributed by atoms with van der Waals surface area (Å²) < 4.78 is -0.843. The van der Waals surface area contributed by atoms with Crippen LogP contribution >= 0.6 is 46.8 Å². The smallest absolute Gasteiger partial charge is 0.326 e. The van der Waals surface area contributed by atoms with Gasteiger partial charge in [-0.1, -0.05) is 21.6 Å². The van der Waals surface area contributed by atoms with Crippen molar-refractivity contribution in [3.05, 3.63) is 0 Å². The molecule has 0 unspecified atom stereocenters. The summed E-state index contributed by atoms with van der Waals surface area (Å²) in [5, 5.41) is 24.4. The van der Waals surface area contributed by atoms with Gasteiger partial charge in [0.15, 0.2) is 0 Å². The van der Waals surface area contributed by atoms with Crippen LogP contribution in [0, 0.1) is 0 Å². The second kappa shape index (κ2) is 13.8. The Hall–Kier alpha value is 0.790. The Morgan fingerprint density at radius 1 is 1.14 bits per heavy atom. The summed E-state index contributed by atoms with van der Waals surface area (Å²) in [5.74, 6) is 0.497. The van der Waals surface area contributed by atoms with Crippen molar-refractivity contribution in [1.29, 1.82) is 0 Å². The van der Waals surface area contributed by atoms with Gasteiger partial charge >= 0.3 is 5.97 Å². The van der Waals surface area contributed by atoms with Crippen molar-refractivity contribution >= 4 is 52.8 Å². The summed E-state index contributed by atoms with van der Waals surface area (Å²) in [6.45, 7) is 0.451. The van der Waals surface area contributed by atoms with Crippen LogP contribution in [0.5, 0.6) is 0 Å². The predicted molar refractivity (Wildman–Crippen MR) is 68.5 cm³/mol. The highest BCUT2D eigenvalue weighted by Gasteiger charge is 2.01. The average Bonchev–Trinajstić information content (AvgIpc) is 2.13. The van der Waals surface area contributed by atoms with Crippen molar-refractivity contribution in [2.75, 3.05) is 24.7 Å². The largest absolute Gasteiger partial charge is 0.480 e. The van der Waals surface area contributed by atoms with Gasteiger partial charge in [0.2, 0.25) is 0 Å². The first-order chi connectivity index (χ1) is 6.56. The fourth-order valence-electron chi connectivity index (χ4n) is 0.192. The van der Waals surface area contributed by atoms with Crippen LogP contribution in [0.2, 0.25) is 0 Å². The summed E-state index contributed by atoms with van der Waals surface area (Å²) in [6.07, 6.45) is 0. The maximum atomic E-state index is 9.55. The predicted octanol–water partition coefficient (Wildman–Crippen LogP) is 0.609. The topological polar surface area (TPSA) is 77.8 Å². The molecule has 0 rings (SSSR count). The summed E-state index contributed by atoms with van der Waals surface area (Å²) in [5.41, 5.74) is 0. The van der Waals surface area contributed by atoms with Crippen LogP contribution in [0.4, 0.5) is 0 Å². The van der Waals surface area contributed by atoms with Gasteiger partial charge in [0, 0.05) is 11.5 Å². The third kappa shape index (κ3) is 18.5. The lowest BCUT2D eigenvalue weighted by Crippen LogP contribution is -2.04. The van der Waals surface area contributed by atoms with Crippen LogP contribution in [0.15, 0.2) is 0 Å². The van der Waals surface area contributed by atoms with Gasteiger partial charge in [0.25, 0.3) is 0 Å². The number of aliphatic hydroxyl groups excluding tert-OH is 2. The number of aliphatic carboxylic acids is 1. The number of hydrogen-bond acceptors (Lipinski definition) is 7. The maximum Gasteiger partial charge on any atom is 0.326 e. The zero-order valence-corrected chi connectivity index (χ0v) is 10.8. The molecular formula is C6H14O4S4. The Bertz CT molecular complexity index is 127. The molecule has 0 aromatic heterocycles. The first kappa shape index (κ1) is 17.2. The summed E-state index contributed by atoms with van der Waals surface area (Å²) in [7, 11) is 3.17. The number of thiol groups is 2. The van der Waals surface area contributed by atoms with Gasteiger partial charge in [-0.25, -0.2) is 0 Å². The Morgan fingerprint density at radius 2 is 1.43 bits per heavy atom. The molecule has 0 radical (unpaired) electrons. The number of carbonyl (C=O) groups is 1. The van der Waals surface area contributed by atoms with Gasteiger partial charge in [-0.3, -0.25) is 4.79 Å². The van der Waals surface area contributed by atoms with Gasteiger partial charge in [-0.15, -0.1) is 0 Å². The lowest BCUT2D eigenvalue weighted by atomic mass is 10.8. The van der Waals surface area contributed by atoms with Crippen LogP contribution in [-0.2, 0) is 4.79 Å². The molecule has 0 aliphatic heterocycles. The highest BCUT2D eigenvalue weighted by Crippen LogP contribution is 2.18. The van der Waals surface area contributed by atoms with Gasteiger partial charge in [0.05, 0.1) is 13.2 Å². The highest BCUT2D eigenvalue weighted by atomic mass is 33.1. The van der Waals surface area contributed by atoms with E-state index in [0.29, 0.717) is 0 Å². The monoisotopic (exact) mass is 278 g/mol. The number of hydrogen-bond donors (Lipinski definition) is 5. The van der Waals surface area contributed by atoms with Gasteiger partial charge < -0.3 is 15.3 Å². The van der Waals surface area contributed by atoms with E-state index in [1.54, 1.807) is 21.6 Å². The molecule has 0 spiro atoms. The number of carboxylic acids is 1.